The van der Waals surface area contributed by atoms with E-state index in [0.717, 1.165) is 5.56 Å². The van der Waals surface area contributed by atoms with Gasteiger partial charge in [0, 0.05) is 6.08 Å². The Bertz CT molecular complexity index is 636. The first kappa shape index (κ1) is 14.8. The first-order valence-electron chi connectivity index (χ1n) is 6.62. The summed E-state index contributed by atoms with van der Waals surface area (Å²) in [6, 6.07) is 9.56. The highest BCUT2D eigenvalue weighted by Gasteiger charge is 2.32. The molecule has 1 aromatic rings. The molecule has 4 heteroatoms. The molecule has 0 aliphatic heterocycles. The Kier molecular flexibility index (Phi) is 4.72. The van der Waals surface area contributed by atoms with Crippen LogP contribution in [0.15, 0.2) is 59.6 Å². The molecule has 1 aliphatic rings. The number of rotatable bonds is 5. The van der Waals surface area contributed by atoms with Crippen LogP contribution < -0.4 is 0 Å². The molecule has 21 heavy (non-hydrogen) atoms. The van der Waals surface area contributed by atoms with E-state index in [1.807, 2.05) is 30.3 Å². The third-order valence-corrected chi connectivity index (χ3v) is 2.95. The normalized spacial score (nSPS) is 17.1. The van der Waals surface area contributed by atoms with E-state index in [0.29, 0.717) is 6.61 Å². The largest absolute Gasteiger partial charge is 0.493 e. The Morgan fingerprint density at radius 2 is 1.90 bits per heavy atom. The lowest BCUT2D eigenvalue weighted by atomic mass is 10.1. The van der Waals surface area contributed by atoms with Crippen molar-refractivity contribution < 1.29 is 19.1 Å². The third kappa shape index (κ3) is 3.28. The van der Waals surface area contributed by atoms with Gasteiger partial charge in [-0.15, -0.1) is 0 Å². The average Bonchev–Trinajstić information content (AvgIpc) is 2.79. The lowest BCUT2D eigenvalue weighted by molar-refractivity contribution is -0.117. The molecule has 0 spiro atoms. The van der Waals surface area contributed by atoms with Crippen LogP contribution in [0.1, 0.15) is 12.5 Å². The molecule has 0 aromatic heterocycles. The van der Waals surface area contributed by atoms with Gasteiger partial charge in [-0.2, -0.15) is 0 Å². The smallest absolute Gasteiger partial charge is 0.235 e. The van der Waals surface area contributed by atoms with Crippen molar-refractivity contribution in [2.24, 2.45) is 0 Å². The summed E-state index contributed by atoms with van der Waals surface area (Å²) in [5, 5.41) is 0. The second-order valence-corrected chi connectivity index (χ2v) is 4.32. The van der Waals surface area contributed by atoms with Gasteiger partial charge in [0.15, 0.2) is 11.5 Å². The van der Waals surface area contributed by atoms with Gasteiger partial charge < -0.3 is 9.47 Å². The minimum atomic E-state index is -0.441. The molecule has 0 unspecified atom stereocenters. The van der Waals surface area contributed by atoms with Crippen LogP contribution in [0.5, 0.6) is 0 Å². The van der Waals surface area contributed by atoms with Gasteiger partial charge in [0.05, 0.1) is 13.7 Å². The van der Waals surface area contributed by atoms with Crippen molar-refractivity contribution in [2.45, 2.75) is 6.92 Å². The van der Waals surface area contributed by atoms with Crippen LogP contribution in [0.2, 0.25) is 0 Å². The highest BCUT2D eigenvalue weighted by molar-refractivity contribution is 6.35. The molecule has 108 valence electrons. The molecule has 0 radical (unpaired) electrons. The second-order valence-electron chi connectivity index (χ2n) is 4.32. The molecule has 0 saturated carbocycles. The van der Waals surface area contributed by atoms with Crippen molar-refractivity contribution in [3.05, 3.63) is 65.1 Å². The van der Waals surface area contributed by atoms with E-state index in [2.05, 4.69) is 0 Å². The van der Waals surface area contributed by atoms with Crippen LogP contribution >= 0.6 is 0 Å². The van der Waals surface area contributed by atoms with E-state index in [-0.39, 0.29) is 17.1 Å². The fourth-order valence-electron chi connectivity index (χ4n) is 1.97. The molecular weight excluding hydrogens is 268 g/mol. The Morgan fingerprint density at radius 1 is 1.19 bits per heavy atom. The standard InChI is InChI=1S/C17H16O4/c1-3-21-14(10-9-12-7-5-4-6-8-12)16-13(18)11-15(20-2)17(16)19/h4-11H,3H2,1-2H3. The molecule has 0 fully saturated rings. The molecule has 0 N–H and O–H groups in total. The summed E-state index contributed by atoms with van der Waals surface area (Å²) in [4.78, 5) is 24.0. The van der Waals surface area contributed by atoms with Crippen LogP contribution in [0.4, 0.5) is 0 Å². The fraction of sp³-hybridized carbons (Fsp3) is 0.176. The van der Waals surface area contributed by atoms with Gasteiger partial charge in [-0.25, -0.2) is 0 Å². The van der Waals surface area contributed by atoms with Gasteiger partial charge >= 0.3 is 0 Å². The van der Waals surface area contributed by atoms with Crippen molar-refractivity contribution in [3.8, 4) is 0 Å². The first-order chi connectivity index (χ1) is 10.2. The molecule has 0 amide bonds. The Balaban J connectivity index is 2.35. The number of hydrogen-bond donors (Lipinski definition) is 0. The molecule has 0 heterocycles. The highest BCUT2D eigenvalue weighted by Crippen LogP contribution is 2.23. The van der Waals surface area contributed by atoms with Crippen molar-refractivity contribution in [1.29, 1.82) is 0 Å². The summed E-state index contributed by atoms with van der Waals surface area (Å²) in [5.74, 6) is -0.526. The number of ketones is 2. The van der Waals surface area contributed by atoms with E-state index < -0.39 is 11.6 Å². The Labute approximate surface area is 123 Å². The monoisotopic (exact) mass is 284 g/mol. The zero-order chi connectivity index (χ0) is 15.2. The Morgan fingerprint density at radius 3 is 2.48 bits per heavy atom. The molecule has 0 atom stereocenters. The van der Waals surface area contributed by atoms with Crippen LogP contribution in [0.3, 0.4) is 0 Å². The van der Waals surface area contributed by atoms with Crippen molar-refractivity contribution in [3.63, 3.8) is 0 Å². The van der Waals surface area contributed by atoms with Crippen molar-refractivity contribution in [2.75, 3.05) is 13.7 Å². The zero-order valence-electron chi connectivity index (χ0n) is 12.0. The maximum absolute atomic E-state index is 12.1. The minimum absolute atomic E-state index is 0.0147. The van der Waals surface area contributed by atoms with Crippen molar-refractivity contribution >= 4 is 17.6 Å². The number of ether oxygens (including phenoxy) is 2. The van der Waals surface area contributed by atoms with Crippen LogP contribution in [0.25, 0.3) is 6.08 Å². The summed E-state index contributed by atoms with van der Waals surface area (Å²) in [7, 11) is 1.36. The van der Waals surface area contributed by atoms with Crippen molar-refractivity contribution in [1.82, 2.24) is 0 Å². The summed E-state index contributed by atoms with van der Waals surface area (Å²) in [6.07, 6.45) is 4.62. The van der Waals surface area contributed by atoms with Gasteiger partial charge in [0.1, 0.15) is 11.3 Å². The van der Waals surface area contributed by atoms with Crippen LogP contribution in [-0.4, -0.2) is 25.3 Å². The predicted octanol–water partition coefficient (Wildman–Crippen LogP) is 2.67. The predicted molar refractivity (Wildman–Crippen MR) is 79.2 cm³/mol. The number of carbonyl (C=O) groups excluding carboxylic acids is 2. The first-order valence-corrected chi connectivity index (χ1v) is 6.62. The summed E-state index contributed by atoms with van der Waals surface area (Å²) < 4.78 is 10.3. The molecule has 1 aromatic carbocycles. The molecule has 2 rings (SSSR count). The second kappa shape index (κ2) is 6.70. The SMILES string of the molecule is CCOC(C=Cc1ccccc1)=C1C(=O)C=C(OC)C1=O. The van der Waals surface area contributed by atoms with Crippen LogP contribution in [-0.2, 0) is 19.1 Å². The van der Waals surface area contributed by atoms with E-state index >= 15 is 0 Å². The Hall–Kier alpha value is -2.62. The topological polar surface area (TPSA) is 52.6 Å². The quantitative estimate of drug-likeness (QED) is 0.474. The molecule has 1 aliphatic carbocycles. The zero-order valence-corrected chi connectivity index (χ0v) is 12.0. The maximum Gasteiger partial charge on any atom is 0.235 e. The van der Waals surface area contributed by atoms with E-state index in [9.17, 15) is 9.59 Å². The van der Waals surface area contributed by atoms with Crippen LogP contribution in [0, 0.1) is 0 Å². The maximum atomic E-state index is 12.1. The molecule has 4 nitrogen and oxygen atoms in total. The summed E-state index contributed by atoms with van der Waals surface area (Å²) >= 11 is 0. The summed E-state index contributed by atoms with van der Waals surface area (Å²) in [6.45, 7) is 2.16. The number of benzene rings is 1. The van der Waals surface area contributed by atoms with Gasteiger partial charge in [-0.3, -0.25) is 9.59 Å². The lowest BCUT2D eigenvalue weighted by Gasteiger charge is -2.07. The van der Waals surface area contributed by atoms with Gasteiger partial charge in [-0.05, 0) is 18.6 Å². The van der Waals surface area contributed by atoms with Gasteiger partial charge in [0.2, 0.25) is 5.78 Å². The number of methoxy groups -OCH3 is 1. The fourth-order valence-corrected chi connectivity index (χ4v) is 1.97. The summed E-state index contributed by atoms with van der Waals surface area (Å²) in [5.41, 5.74) is 0.967. The van der Waals surface area contributed by atoms with E-state index in [1.165, 1.54) is 13.2 Å². The van der Waals surface area contributed by atoms with Gasteiger partial charge in [-0.1, -0.05) is 36.4 Å². The number of Topliss-reactive ketones (excluding diaryl/α,β-unsaturated/α-hetero) is 1. The van der Waals surface area contributed by atoms with E-state index in [1.54, 1.807) is 19.1 Å². The lowest BCUT2D eigenvalue weighted by Crippen LogP contribution is -2.09. The molecular formula is C17H16O4. The number of allylic oxidation sites excluding steroid dienone is 3. The minimum Gasteiger partial charge on any atom is -0.493 e. The van der Waals surface area contributed by atoms with Gasteiger partial charge in [0.25, 0.3) is 0 Å². The van der Waals surface area contributed by atoms with E-state index in [4.69, 9.17) is 9.47 Å². The highest BCUT2D eigenvalue weighted by atomic mass is 16.5. The average molecular weight is 284 g/mol. The third-order valence-electron chi connectivity index (χ3n) is 2.95. The number of hydrogen-bond acceptors (Lipinski definition) is 4. The molecule has 0 bridgehead atoms. The molecule has 0 saturated heterocycles. The number of carbonyl (C=O) groups is 2.